The van der Waals surface area contributed by atoms with Gasteiger partial charge in [-0.3, -0.25) is 9.59 Å². The maximum Gasteiger partial charge on any atom is 0.197 e. The fraction of sp³-hybridized carbons (Fsp3) is 0.278. The molecule has 2 aliphatic heterocycles. The van der Waals surface area contributed by atoms with Gasteiger partial charge in [0.25, 0.3) is 0 Å². The number of carbonyl (C=O) groups excluding carboxylic acids is 2. The lowest BCUT2D eigenvalue weighted by molar-refractivity contribution is 0.102. The zero-order valence-electron chi connectivity index (χ0n) is 24.5. The number of ketones is 2. The van der Waals surface area contributed by atoms with Gasteiger partial charge in [0.1, 0.15) is 36.9 Å². The van der Waals surface area contributed by atoms with E-state index in [1.807, 2.05) is 113 Å². The van der Waals surface area contributed by atoms with Gasteiger partial charge in [0, 0.05) is 11.1 Å². The molecule has 4 aromatic carbocycles. The summed E-state index contributed by atoms with van der Waals surface area (Å²) in [6.45, 7) is 10.3. The second-order valence-electron chi connectivity index (χ2n) is 10.8. The van der Waals surface area contributed by atoms with Crippen LogP contribution in [-0.4, -0.2) is 50.2 Å². The summed E-state index contributed by atoms with van der Waals surface area (Å²) in [6.07, 6.45) is 0.345. The summed E-state index contributed by atoms with van der Waals surface area (Å²) in [7, 11) is 0. The average molecular weight is 565 g/mol. The number of rotatable bonds is 10. The lowest BCUT2D eigenvalue weighted by Crippen LogP contribution is -2.11. The van der Waals surface area contributed by atoms with Crippen LogP contribution in [0.1, 0.15) is 54.1 Å². The van der Waals surface area contributed by atoms with E-state index in [9.17, 15) is 9.59 Å². The third-order valence-corrected chi connectivity index (χ3v) is 7.26. The number of para-hydroxylation sites is 1. The van der Waals surface area contributed by atoms with Gasteiger partial charge in [0.15, 0.2) is 11.6 Å². The minimum absolute atomic E-state index is 0.000171. The molecule has 2 fully saturated rings. The van der Waals surface area contributed by atoms with Gasteiger partial charge in [-0.25, -0.2) is 0 Å². The van der Waals surface area contributed by atoms with E-state index >= 15 is 0 Å². The van der Waals surface area contributed by atoms with Gasteiger partial charge < -0.3 is 18.9 Å². The number of ether oxygens (including phenoxy) is 4. The van der Waals surface area contributed by atoms with Crippen molar-refractivity contribution in [2.24, 2.45) is 0 Å². The number of hydrogen-bond donors (Lipinski definition) is 0. The Hall–Kier alpha value is -4.26. The van der Waals surface area contributed by atoms with E-state index in [0.717, 1.165) is 41.0 Å². The molecule has 0 spiro atoms. The van der Waals surface area contributed by atoms with Crippen molar-refractivity contribution in [1.29, 1.82) is 0 Å². The predicted octanol–water partition coefficient (Wildman–Crippen LogP) is 6.62. The predicted molar refractivity (Wildman–Crippen MR) is 162 cm³/mol. The van der Waals surface area contributed by atoms with Crippen LogP contribution in [0.2, 0.25) is 0 Å². The summed E-state index contributed by atoms with van der Waals surface area (Å²) in [5, 5.41) is 0. The van der Waals surface area contributed by atoms with Crippen molar-refractivity contribution in [1.82, 2.24) is 0 Å². The normalized spacial score (nSPS) is 16.6. The number of epoxide rings is 2. The molecule has 216 valence electrons. The van der Waals surface area contributed by atoms with E-state index in [1.54, 1.807) is 0 Å². The molecule has 0 amide bonds. The number of aryl methyl sites for hydroxylation is 4. The van der Waals surface area contributed by atoms with Gasteiger partial charge in [-0.2, -0.15) is 0 Å². The van der Waals surface area contributed by atoms with Crippen molar-refractivity contribution in [3.63, 3.8) is 0 Å². The van der Waals surface area contributed by atoms with Crippen LogP contribution in [0.5, 0.6) is 11.5 Å². The molecule has 6 rings (SSSR count). The Morgan fingerprint density at radius 3 is 1.69 bits per heavy atom. The molecular formula is C36H36O6. The Kier molecular flexibility index (Phi) is 9.15. The molecular weight excluding hydrogens is 528 g/mol. The van der Waals surface area contributed by atoms with Crippen LogP contribution in [0.25, 0.3) is 0 Å². The molecule has 2 saturated heterocycles. The Labute approximate surface area is 247 Å². The van der Waals surface area contributed by atoms with E-state index in [4.69, 9.17) is 18.9 Å². The molecule has 2 aliphatic rings. The molecule has 0 radical (unpaired) electrons. The van der Waals surface area contributed by atoms with E-state index in [0.29, 0.717) is 41.4 Å². The highest BCUT2D eigenvalue weighted by Gasteiger charge is 2.26. The first-order chi connectivity index (χ1) is 20.3. The second-order valence-corrected chi connectivity index (χ2v) is 10.8. The first kappa shape index (κ1) is 29.2. The van der Waals surface area contributed by atoms with Gasteiger partial charge in [-0.15, -0.1) is 0 Å². The molecule has 0 bridgehead atoms. The molecule has 2 atom stereocenters. The Morgan fingerprint density at radius 2 is 1.12 bits per heavy atom. The van der Waals surface area contributed by atoms with Crippen molar-refractivity contribution in [3.05, 3.63) is 129 Å². The minimum Gasteiger partial charge on any atom is -0.490 e. The SMILES string of the molecule is Cc1ccc(C(=O)c2ccccc2C)c(OCC2CO2)c1.Cc1ccccc1C(=O)c1cccc(C)c1OCC1CO1. The third kappa shape index (κ3) is 7.32. The third-order valence-electron chi connectivity index (χ3n) is 7.26. The van der Waals surface area contributed by atoms with Crippen LogP contribution in [-0.2, 0) is 9.47 Å². The quantitative estimate of drug-likeness (QED) is 0.159. The Morgan fingerprint density at radius 1 is 0.619 bits per heavy atom. The number of benzene rings is 4. The van der Waals surface area contributed by atoms with Crippen molar-refractivity contribution < 1.29 is 28.5 Å². The summed E-state index contributed by atoms with van der Waals surface area (Å²) < 4.78 is 21.9. The maximum atomic E-state index is 12.8. The van der Waals surface area contributed by atoms with Crippen LogP contribution in [0.4, 0.5) is 0 Å². The Bertz CT molecular complexity index is 1580. The lowest BCUT2D eigenvalue weighted by atomic mass is 9.97. The smallest absolute Gasteiger partial charge is 0.197 e. The highest BCUT2D eigenvalue weighted by Crippen LogP contribution is 2.28. The van der Waals surface area contributed by atoms with Crippen LogP contribution < -0.4 is 9.47 Å². The molecule has 42 heavy (non-hydrogen) atoms. The van der Waals surface area contributed by atoms with E-state index < -0.39 is 0 Å². The lowest BCUT2D eigenvalue weighted by Gasteiger charge is -2.13. The molecule has 0 aliphatic carbocycles. The largest absolute Gasteiger partial charge is 0.490 e. The maximum absolute atomic E-state index is 12.8. The molecule has 0 saturated carbocycles. The van der Waals surface area contributed by atoms with Crippen molar-refractivity contribution >= 4 is 11.6 Å². The van der Waals surface area contributed by atoms with E-state index in [2.05, 4.69) is 0 Å². The first-order valence-corrected chi connectivity index (χ1v) is 14.2. The van der Waals surface area contributed by atoms with Gasteiger partial charge in [0.05, 0.1) is 24.3 Å². The van der Waals surface area contributed by atoms with Crippen molar-refractivity contribution in [3.8, 4) is 11.5 Å². The van der Waals surface area contributed by atoms with Gasteiger partial charge in [-0.1, -0.05) is 66.7 Å². The minimum atomic E-state index is -0.000171. The zero-order chi connectivity index (χ0) is 29.6. The Balaban J connectivity index is 0.000000168. The van der Waals surface area contributed by atoms with Crippen LogP contribution in [0, 0.1) is 27.7 Å². The summed E-state index contributed by atoms with van der Waals surface area (Å²) >= 11 is 0. The van der Waals surface area contributed by atoms with Gasteiger partial charge in [-0.05, 0) is 68.1 Å². The van der Waals surface area contributed by atoms with Crippen LogP contribution >= 0.6 is 0 Å². The zero-order valence-corrected chi connectivity index (χ0v) is 24.5. The molecule has 2 unspecified atom stereocenters. The second kappa shape index (κ2) is 13.1. The molecule has 0 aromatic heterocycles. The van der Waals surface area contributed by atoms with Gasteiger partial charge in [0.2, 0.25) is 0 Å². The monoisotopic (exact) mass is 564 g/mol. The van der Waals surface area contributed by atoms with Crippen molar-refractivity contribution in [2.45, 2.75) is 39.9 Å². The highest BCUT2D eigenvalue weighted by molar-refractivity contribution is 6.12. The molecule has 4 aromatic rings. The van der Waals surface area contributed by atoms with E-state index in [-0.39, 0.29) is 23.8 Å². The number of hydrogen-bond acceptors (Lipinski definition) is 6. The first-order valence-electron chi connectivity index (χ1n) is 14.2. The molecule has 2 heterocycles. The van der Waals surface area contributed by atoms with Crippen LogP contribution in [0.3, 0.4) is 0 Å². The summed E-state index contributed by atoms with van der Waals surface area (Å²) in [5.41, 5.74) is 6.64. The molecule has 6 heteroatoms. The fourth-order valence-corrected chi connectivity index (χ4v) is 4.59. The summed E-state index contributed by atoms with van der Waals surface area (Å²) in [4.78, 5) is 25.5. The summed E-state index contributed by atoms with van der Waals surface area (Å²) in [6, 6.07) is 26.6. The van der Waals surface area contributed by atoms with Crippen molar-refractivity contribution in [2.75, 3.05) is 26.4 Å². The van der Waals surface area contributed by atoms with Crippen LogP contribution in [0.15, 0.2) is 84.9 Å². The summed E-state index contributed by atoms with van der Waals surface area (Å²) in [5.74, 6) is 1.31. The van der Waals surface area contributed by atoms with Gasteiger partial charge >= 0.3 is 0 Å². The number of carbonyl (C=O) groups is 2. The van der Waals surface area contributed by atoms with E-state index in [1.165, 1.54) is 0 Å². The highest BCUT2D eigenvalue weighted by atomic mass is 16.6. The molecule has 6 nitrogen and oxygen atoms in total. The fourth-order valence-electron chi connectivity index (χ4n) is 4.59. The topological polar surface area (TPSA) is 77.7 Å². The molecule has 0 N–H and O–H groups in total. The standard InChI is InChI=1S/2C18H18O3/c1-12-6-3-4-8-15(12)17(19)16-9-5-7-13(2)18(16)21-11-14-10-20-14;1-12-7-8-16(17(9-12)21-11-14-10-20-14)18(19)15-6-4-3-5-13(15)2/h2*3-9,14H,10-11H2,1-2H3. The average Bonchev–Trinajstić information content (AvgIpc) is 3.92.